The van der Waals surface area contributed by atoms with E-state index in [9.17, 15) is 4.79 Å². The number of rotatable bonds is 2. The predicted octanol–water partition coefficient (Wildman–Crippen LogP) is 1.82. The number of hydrogen-bond donors (Lipinski definition) is 1. The number of benzene rings is 1. The summed E-state index contributed by atoms with van der Waals surface area (Å²) in [5.41, 5.74) is 1.85. The maximum Gasteiger partial charge on any atom is 0.339 e. The van der Waals surface area contributed by atoms with E-state index in [2.05, 4.69) is 5.32 Å². The van der Waals surface area contributed by atoms with Gasteiger partial charge in [-0.3, -0.25) is 0 Å². The molecule has 0 aromatic heterocycles. The Labute approximate surface area is 95.1 Å². The molecule has 0 spiro atoms. The highest BCUT2D eigenvalue weighted by molar-refractivity contribution is 5.90. The molecule has 0 saturated heterocycles. The zero-order valence-electron chi connectivity index (χ0n) is 9.32. The molecule has 1 aromatic rings. The lowest BCUT2D eigenvalue weighted by Crippen LogP contribution is -2.25. The Hall–Kier alpha value is -1.61. The minimum Gasteiger partial charge on any atom is -0.423 e. The molecule has 0 amide bonds. The summed E-state index contributed by atoms with van der Waals surface area (Å²) in [6.07, 6.45) is 2.63. The van der Waals surface area contributed by atoms with Gasteiger partial charge in [-0.2, -0.15) is 0 Å². The van der Waals surface area contributed by atoms with Crippen molar-refractivity contribution in [2.24, 2.45) is 0 Å². The van der Waals surface area contributed by atoms with Gasteiger partial charge < -0.3 is 10.1 Å². The Balaban J connectivity index is 2.04. The van der Waals surface area contributed by atoms with Gasteiger partial charge >= 0.3 is 5.97 Å². The topological polar surface area (TPSA) is 38.3 Å². The first-order valence-electron chi connectivity index (χ1n) is 5.44. The minimum atomic E-state index is -0.230. The third-order valence-corrected chi connectivity index (χ3v) is 2.53. The van der Waals surface area contributed by atoms with E-state index in [1.54, 1.807) is 6.07 Å². The molecule has 1 aromatic carbocycles. The van der Waals surface area contributed by atoms with E-state index in [-0.39, 0.29) is 5.97 Å². The van der Waals surface area contributed by atoms with Crippen molar-refractivity contribution in [2.75, 3.05) is 13.1 Å². The van der Waals surface area contributed by atoms with Crippen LogP contribution in [0.25, 0.3) is 0 Å². The summed E-state index contributed by atoms with van der Waals surface area (Å²) >= 11 is 0. The number of carbonyl (C=O) groups is 1. The Morgan fingerprint density at radius 1 is 1.44 bits per heavy atom. The molecular formula is C13H15NO2. The third-order valence-electron chi connectivity index (χ3n) is 2.53. The van der Waals surface area contributed by atoms with Crippen LogP contribution in [0.1, 0.15) is 12.0 Å². The molecule has 0 aliphatic carbocycles. The standard InChI is InChI=1S/C13H15NO2/c1-10-3-2-4-12(9-10)16-13(15)11-5-7-14-8-6-11/h2-5,9,14H,6-8H2,1H3. The van der Waals surface area contributed by atoms with Crippen LogP contribution in [0.5, 0.6) is 5.75 Å². The van der Waals surface area contributed by atoms with Gasteiger partial charge in [-0.15, -0.1) is 0 Å². The van der Waals surface area contributed by atoms with Crippen LogP contribution in [0.3, 0.4) is 0 Å². The first-order valence-corrected chi connectivity index (χ1v) is 5.44. The number of carbonyl (C=O) groups excluding carboxylic acids is 1. The van der Waals surface area contributed by atoms with Crippen molar-refractivity contribution in [3.63, 3.8) is 0 Å². The predicted molar refractivity (Wildman–Crippen MR) is 62.4 cm³/mol. The van der Waals surface area contributed by atoms with Gasteiger partial charge in [0.15, 0.2) is 0 Å². The molecule has 16 heavy (non-hydrogen) atoms. The molecule has 0 radical (unpaired) electrons. The lowest BCUT2D eigenvalue weighted by Gasteiger charge is -2.13. The van der Waals surface area contributed by atoms with Crippen molar-refractivity contribution in [2.45, 2.75) is 13.3 Å². The van der Waals surface area contributed by atoms with Gasteiger partial charge in [0.25, 0.3) is 0 Å². The fourth-order valence-corrected chi connectivity index (χ4v) is 1.66. The molecule has 0 atom stereocenters. The van der Waals surface area contributed by atoms with Crippen LogP contribution in [-0.4, -0.2) is 19.1 Å². The Bertz CT molecular complexity index is 424. The smallest absolute Gasteiger partial charge is 0.339 e. The summed E-state index contributed by atoms with van der Waals surface area (Å²) in [4.78, 5) is 11.8. The lowest BCUT2D eigenvalue weighted by atomic mass is 10.1. The quantitative estimate of drug-likeness (QED) is 0.606. The van der Waals surface area contributed by atoms with E-state index in [4.69, 9.17) is 4.74 Å². The van der Waals surface area contributed by atoms with Crippen molar-refractivity contribution in [3.8, 4) is 5.75 Å². The molecule has 2 rings (SSSR count). The zero-order chi connectivity index (χ0) is 11.4. The summed E-state index contributed by atoms with van der Waals surface area (Å²) in [6, 6.07) is 7.52. The second-order valence-corrected chi connectivity index (χ2v) is 3.89. The molecule has 1 heterocycles. The monoisotopic (exact) mass is 217 g/mol. The van der Waals surface area contributed by atoms with Gasteiger partial charge in [-0.05, 0) is 37.6 Å². The summed E-state index contributed by atoms with van der Waals surface area (Å²) in [6.45, 7) is 3.56. The zero-order valence-corrected chi connectivity index (χ0v) is 9.32. The second kappa shape index (κ2) is 4.94. The van der Waals surface area contributed by atoms with Crippen LogP contribution in [0.15, 0.2) is 35.9 Å². The van der Waals surface area contributed by atoms with Crippen molar-refractivity contribution in [1.29, 1.82) is 0 Å². The van der Waals surface area contributed by atoms with Crippen molar-refractivity contribution < 1.29 is 9.53 Å². The summed E-state index contributed by atoms with van der Waals surface area (Å²) < 4.78 is 5.30. The Morgan fingerprint density at radius 3 is 3.00 bits per heavy atom. The number of hydrogen-bond acceptors (Lipinski definition) is 3. The fourth-order valence-electron chi connectivity index (χ4n) is 1.66. The highest BCUT2D eigenvalue weighted by atomic mass is 16.5. The Morgan fingerprint density at radius 2 is 2.31 bits per heavy atom. The van der Waals surface area contributed by atoms with E-state index in [0.29, 0.717) is 5.75 Å². The molecule has 0 unspecified atom stereocenters. The normalized spacial score (nSPS) is 15.4. The van der Waals surface area contributed by atoms with Crippen LogP contribution in [0.2, 0.25) is 0 Å². The Kier molecular flexibility index (Phi) is 3.37. The second-order valence-electron chi connectivity index (χ2n) is 3.89. The molecule has 84 valence electrons. The van der Waals surface area contributed by atoms with Gasteiger partial charge in [-0.25, -0.2) is 4.79 Å². The molecule has 3 nitrogen and oxygen atoms in total. The maximum absolute atomic E-state index is 11.8. The maximum atomic E-state index is 11.8. The van der Waals surface area contributed by atoms with Crippen LogP contribution in [0, 0.1) is 6.92 Å². The van der Waals surface area contributed by atoms with Crippen molar-refractivity contribution >= 4 is 5.97 Å². The van der Waals surface area contributed by atoms with Crippen LogP contribution < -0.4 is 10.1 Å². The van der Waals surface area contributed by atoms with E-state index < -0.39 is 0 Å². The van der Waals surface area contributed by atoms with Gasteiger partial charge in [0.05, 0.1) is 0 Å². The summed E-state index contributed by atoms with van der Waals surface area (Å²) in [5.74, 6) is 0.386. The highest BCUT2D eigenvalue weighted by Gasteiger charge is 2.13. The van der Waals surface area contributed by atoms with E-state index in [1.165, 1.54) is 0 Å². The fraction of sp³-hybridized carbons (Fsp3) is 0.308. The van der Waals surface area contributed by atoms with Gasteiger partial charge in [0.2, 0.25) is 0 Å². The molecule has 0 fully saturated rings. The van der Waals surface area contributed by atoms with Gasteiger partial charge in [-0.1, -0.05) is 18.2 Å². The SMILES string of the molecule is Cc1cccc(OC(=O)C2=CCNCC2)c1. The summed E-state index contributed by atoms with van der Waals surface area (Å²) in [7, 11) is 0. The van der Waals surface area contributed by atoms with E-state index in [1.807, 2.05) is 31.2 Å². The molecule has 0 saturated carbocycles. The largest absolute Gasteiger partial charge is 0.423 e. The third kappa shape index (κ3) is 2.70. The van der Waals surface area contributed by atoms with Gasteiger partial charge in [0, 0.05) is 12.1 Å². The molecule has 1 N–H and O–H groups in total. The first-order chi connectivity index (χ1) is 7.75. The van der Waals surface area contributed by atoms with Crippen molar-refractivity contribution in [1.82, 2.24) is 5.32 Å². The molecule has 3 heteroatoms. The molecule has 0 bridgehead atoms. The molecular weight excluding hydrogens is 202 g/mol. The van der Waals surface area contributed by atoms with E-state index >= 15 is 0 Å². The minimum absolute atomic E-state index is 0.230. The number of ether oxygens (including phenoxy) is 1. The number of esters is 1. The number of nitrogens with one attached hydrogen (secondary N) is 1. The number of aryl methyl sites for hydroxylation is 1. The van der Waals surface area contributed by atoms with Crippen LogP contribution >= 0.6 is 0 Å². The highest BCUT2D eigenvalue weighted by Crippen LogP contribution is 2.15. The molecule has 1 aliphatic heterocycles. The lowest BCUT2D eigenvalue weighted by molar-refractivity contribution is -0.130. The van der Waals surface area contributed by atoms with E-state index in [0.717, 1.165) is 30.6 Å². The van der Waals surface area contributed by atoms with Crippen LogP contribution in [0.4, 0.5) is 0 Å². The van der Waals surface area contributed by atoms with Gasteiger partial charge in [0.1, 0.15) is 5.75 Å². The van der Waals surface area contributed by atoms with Crippen LogP contribution in [-0.2, 0) is 4.79 Å². The first kappa shape index (κ1) is 10.9. The van der Waals surface area contributed by atoms with Crippen molar-refractivity contribution in [3.05, 3.63) is 41.5 Å². The molecule has 1 aliphatic rings. The summed E-state index contributed by atoms with van der Waals surface area (Å²) in [5, 5.41) is 3.16. The average Bonchev–Trinajstić information content (AvgIpc) is 2.30. The average molecular weight is 217 g/mol.